The number of nitrogens with zero attached hydrogens (tertiary/aromatic N) is 1. The van der Waals surface area contributed by atoms with E-state index in [4.69, 9.17) is 0 Å². The van der Waals surface area contributed by atoms with Crippen LogP contribution < -0.4 is 15.5 Å². The van der Waals surface area contributed by atoms with Gasteiger partial charge < -0.3 is 5.32 Å². The van der Waals surface area contributed by atoms with Crippen molar-refractivity contribution in [1.82, 2.24) is 9.88 Å². The van der Waals surface area contributed by atoms with Crippen molar-refractivity contribution in [2.24, 2.45) is 5.92 Å². The van der Waals surface area contributed by atoms with Crippen LogP contribution in [0.5, 0.6) is 0 Å². The van der Waals surface area contributed by atoms with Crippen LogP contribution in [0.3, 0.4) is 0 Å². The number of rotatable bonds is 4. The first kappa shape index (κ1) is 19.3. The first-order valence-corrected chi connectivity index (χ1v) is 11.7. The van der Waals surface area contributed by atoms with Gasteiger partial charge in [-0.15, -0.1) is 11.3 Å². The zero-order valence-corrected chi connectivity index (χ0v) is 17.8. The van der Waals surface area contributed by atoms with Crippen LogP contribution >= 0.6 is 34.4 Å². The van der Waals surface area contributed by atoms with Gasteiger partial charge in [0.1, 0.15) is 11.8 Å². The van der Waals surface area contributed by atoms with Crippen LogP contribution in [0.25, 0.3) is 0 Å². The molecular weight excluding hydrogens is 442 g/mol. The molecule has 152 valence electrons. The molecule has 0 spiro atoms. The van der Waals surface area contributed by atoms with Crippen LogP contribution in [0.15, 0.2) is 57.7 Å². The average molecular weight is 458 g/mol. The van der Waals surface area contributed by atoms with Gasteiger partial charge in [0.15, 0.2) is 0 Å². The van der Waals surface area contributed by atoms with Gasteiger partial charge in [-0.05, 0) is 23.6 Å². The highest BCUT2D eigenvalue weighted by Gasteiger charge is 2.53. The number of hydrogen-bond acceptors (Lipinski definition) is 7. The summed E-state index contributed by atoms with van der Waals surface area (Å²) in [7, 11) is 0. The Morgan fingerprint density at radius 1 is 1.07 bits per heavy atom. The lowest BCUT2D eigenvalue weighted by atomic mass is 9.87. The van der Waals surface area contributed by atoms with Gasteiger partial charge >= 0.3 is 4.87 Å². The van der Waals surface area contributed by atoms with Crippen molar-refractivity contribution < 1.29 is 14.4 Å². The van der Waals surface area contributed by atoms with Crippen molar-refractivity contribution in [1.29, 1.82) is 0 Å². The molecule has 3 unspecified atom stereocenters. The summed E-state index contributed by atoms with van der Waals surface area (Å²) in [5.41, 5.74) is 0.643. The van der Waals surface area contributed by atoms with Crippen molar-refractivity contribution in [2.75, 3.05) is 5.32 Å². The van der Waals surface area contributed by atoms with E-state index in [0.717, 1.165) is 21.1 Å². The van der Waals surface area contributed by atoms with E-state index in [9.17, 15) is 19.2 Å². The summed E-state index contributed by atoms with van der Waals surface area (Å²) in [6, 6.07) is 12.8. The molecule has 10 heteroatoms. The van der Waals surface area contributed by atoms with Crippen LogP contribution in [0, 0.1) is 5.92 Å². The molecular formula is C20H15N3O4S3. The van der Waals surface area contributed by atoms with E-state index in [1.807, 2.05) is 35.7 Å². The number of carbonyl (C=O) groups is 3. The maximum absolute atomic E-state index is 12.8. The minimum absolute atomic E-state index is 0.156. The van der Waals surface area contributed by atoms with Gasteiger partial charge in [0, 0.05) is 21.4 Å². The highest BCUT2D eigenvalue weighted by molar-refractivity contribution is 8.00. The number of fused-ring (bicyclic) bond motifs is 2. The molecule has 0 radical (unpaired) electrons. The monoisotopic (exact) mass is 457 g/mol. The minimum Gasteiger partial charge on any atom is -0.325 e. The van der Waals surface area contributed by atoms with Gasteiger partial charge in [-0.25, -0.2) is 0 Å². The molecule has 2 N–H and O–H groups in total. The molecule has 0 saturated carbocycles. The Kier molecular flexibility index (Phi) is 4.84. The third-order valence-electron chi connectivity index (χ3n) is 5.10. The SMILES string of the molecule is O=C(Cn1c2c(sc1=O)C(c1cccs1)C1C(=O)NC(=O)C1S2)Nc1ccccc1. The lowest BCUT2D eigenvalue weighted by Gasteiger charge is -2.29. The predicted molar refractivity (Wildman–Crippen MR) is 116 cm³/mol. The summed E-state index contributed by atoms with van der Waals surface area (Å²) in [5, 5.41) is 7.10. The number of anilines is 1. The van der Waals surface area contributed by atoms with E-state index < -0.39 is 11.2 Å². The van der Waals surface area contributed by atoms with Crippen LogP contribution in [0.1, 0.15) is 15.7 Å². The smallest absolute Gasteiger partial charge is 0.308 e. The number of amides is 3. The van der Waals surface area contributed by atoms with Gasteiger partial charge in [0.05, 0.1) is 10.9 Å². The predicted octanol–water partition coefficient (Wildman–Crippen LogP) is 2.49. The molecule has 3 atom stereocenters. The number of para-hydroxylation sites is 1. The molecule has 5 rings (SSSR count). The Labute approximate surface area is 183 Å². The second-order valence-electron chi connectivity index (χ2n) is 6.95. The van der Waals surface area contributed by atoms with Gasteiger partial charge in [-0.1, -0.05) is 47.4 Å². The van der Waals surface area contributed by atoms with E-state index in [2.05, 4.69) is 10.6 Å². The standard InChI is InChI=1S/C20H15N3O4S3/c24-12(21-10-5-2-1-3-6-10)9-23-19-16(30-20(23)27)13(11-7-4-8-28-11)14-15(29-19)18(26)22-17(14)25/h1-8,13-15H,9H2,(H,21,24)(H,22,25,26). The van der Waals surface area contributed by atoms with Gasteiger partial charge in [0.25, 0.3) is 0 Å². The van der Waals surface area contributed by atoms with Crippen LogP contribution in [-0.2, 0) is 20.9 Å². The van der Waals surface area contributed by atoms with Crippen molar-refractivity contribution in [3.63, 3.8) is 0 Å². The van der Waals surface area contributed by atoms with Crippen molar-refractivity contribution in [2.45, 2.75) is 22.7 Å². The molecule has 3 amide bonds. The zero-order valence-electron chi connectivity index (χ0n) is 15.4. The van der Waals surface area contributed by atoms with E-state index >= 15 is 0 Å². The van der Waals surface area contributed by atoms with E-state index in [1.54, 1.807) is 12.1 Å². The Balaban J connectivity index is 1.53. The van der Waals surface area contributed by atoms with E-state index in [0.29, 0.717) is 10.7 Å². The van der Waals surface area contributed by atoms with Crippen LogP contribution in [0.4, 0.5) is 5.69 Å². The van der Waals surface area contributed by atoms with Crippen molar-refractivity contribution >= 4 is 57.8 Å². The number of thioether (sulfide) groups is 1. The average Bonchev–Trinajstić information content (AvgIpc) is 3.42. The third-order valence-corrected chi connectivity index (χ3v) is 8.67. The molecule has 1 aromatic carbocycles. The van der Waals surface area contributed by atoms with Crippen LogP contribution in [0.2, 0.25) is 0 Å². The fourth-order valence-electron chi connectivity index (χ4n) is 3.82. The highest BCUT2D eigenvalue weighted by atomic mass is 32.2. The molecule has 4 heterocycles. The van der Waals surface area contributed by atoms with Gasteiger partial charge in [-0.2, -0.15) is 0 Å². The Bertz CT molecular complexity index is 1200. The second kappa shape index (κ2) is 7.53. The molecule has 3 aromatic rings. The summed E-state index contributed by atoms with van der Waals surface area (Å²) >= 11 is 3.74. The number of carbonyl (C=O) groups excluding carboxylic acids is 3. The number of nitrogens with one attached hydrogen (secondary N) is 2. The molecule has 0 aliphatic carbocycles. The summed E-state index contributed by atoms with van der Waals surface area (Å²) in [6.45, 7) is -0.156. The van der Waals surface area contributed by atoms with E-state index in [-0.39, 0.29) is 35.1 Å². The maximum Gasteiger partial charge on any atom is 0.308 e. The minimum atomic E-state index is -0.616. The molecule has 0 bridgehead atoms. The number of imide groups is 1. The summed E-state index contributed by atoms with van der Waals surface area (Å²) in [6.07, 6.45) is 0. The fourth-order valence-corrected chi connectivity index (χ4v) is 7.50. The number of thiophene rings is 1. The summed E-state index contributed by atoms with van der Waals surface area (Å²) in [4.78, 5) is 51.7. The van der Waals surface area contributed by atoms with Gasteiger partial charge in [-0.3, -0.25) is 29.1 Å². The first-order valence-electron chi connectivity index (χ1n) is 9.16. The maximum atomic E-state index is 12.8. The zero-order chi connectivity index (χ0) is 20.8. The third kappa shape index (κ3) is 3.21. The lowest BCUT2D eigenvalue weighted by Crippen LogP contribution is -2.32. The van der Waals surface area contributed by atoms with Crippen molar-refractivity contribution in [3.8, 4) is 0 Å². The molecule has 30 heavy (non-hydrogen) atoms. The number of thiazole rings is 1. The molecule has 1 fully saturated rings. The first-order chi connectivity index (χ1) is 14.5. The molecule has 7 nitrogen and oxygen atoms in total. The lowest BCUT2D eigenvalue weighted by molar-refractivity contribution is -0.126. The highest BCUT2D eigenvalue weighted by Crippen LogP contribution is 2.52. The Morgan fingerprint density at radius 2 is 1.87 bits per heavy atom. The summed E-state index contributed by atoms with van der Waals surface area (Å²) < 4.78 is 1.41. The summed E-state index contributed by atoms with van der Waals surface area (Å²) in [5.74, 6) is -1.91. The molecule has 1 saturated heterocycles. The molecule has 2 aliphatic heterocycles. The Morgan fingerprint density at radius 3 is 2.60 bits per heavy atom. The normalized spacial score (nSPS) is 22.3. The largest absolute Gasteiger partial charge is 0.325 e. The van der Waals surface area contributed by atoms with Gasteiger partial charge in [0.2, 0.25) is 17.7 Å². The van der Waals surface area contributed by atoms with Crippen molar-refractivity contribution in [3.05, 3.63) is 67.3 Å². The van der Waals surface area contributed by atoms with Crippen LogP contribution in [-0.4, -0.2) is 27.5 Å². The Hall–Kier alpha value is -2.69. The quantitative estimate of drug-likeness (QED) is 0.587. The molecule has 2 aromatic heterocycles. The number of aromatic nitrogens is 1. The molecule has 2 aliphatic rings. The fraction of sp³-hybridized carbons (Fsp3) is 0.200. The topological polar surface area (TPSA) is 97.3 Å². The number of hydrogen-bond donors (Lipinski definition) is 2. The number of benzene rings is 1. The second-order valence-corrected chi connectivity index (χ2v) is 10.1. The van der Waals surface area contributed by atoms with E-state index in [1.165, 1.54) is 27.7 Å².